The van der Waals surface area contributed by atoms with Crippen molar-refractivity contribution in [3.8, 4) is 0 Å². The first-order valence-corrected chi connectivity index (χ1v) is 5.59. The summed E-state index contributed by atoms with van der Waals surface area (Å²) in [5, 5.41) is 12.3. The molecular weight excluding hydrogens is 162 g/mol. The maximum absolute atomic E-state index is 8.69. The minimum Gasteiger partial charge on any atom is -0.396 e. The molecule has 0 spiro atoms. The van der Waals surface area contributed by atoms with Crippen molar-refractivity contribution in [2.45, 2.75) is 58.0 Å². The molecule has 0 amide bonds. The molecule has 0 saturated heterocycles. The van der Waals surface area contributed by atoms with E-state index in [1.54, 1.807) is 0 Å². The van der Waals surface area contributed by atoms with Crippen LogP contribution in [-0.2, 0) is 0 Å². The van der Waals surface area contributed by atoms with Gasteiger partial charge in [0.05, 0.1) is 0 Å². The van der Waals surface area contributed by atoms with Gasteiger partial charge in [-0.25, -0.2) is 0 Å². The molecule has 1 saturated carbocycles. The molecule has 3 atom stereocenters. The SMILES string of the molecule is C[C@@H]1CC[C@H](N[C@@H](C)CCCO)C1. The predicted octanol–water partition coefficient (Wildman–Crippen LogP) is 1.93. The summed E-state index contributed by atoms with van der Waals surface area (Å²) in [5.74, 6) is 0.905. The van der Waals surface area contributed by atoms with Crippen molar-refractivity contribution in [3.63, 3.8) is 0 Å². The van der Waals surface area contributed by atoms with Crippen LogP contribution in [0.2, 0.25) is 0 Å². The summed E-state index contributed by atoms with van der Waals surface area (Å²) in [6, 6.07) is 1.31. The van der Waals surface area contributed by atoms with Gasteiger partial charge in [-0.15, -0.1) is 0 Å². The Morgan fingerprint density at radius 2 is 2.23 bits per heavy atom. The molecular formula is C11H23NO. The lowest BCUT2D eigenvalue weighted by atomic mass is 10.1. The van der Waals surface area contributed by atoms with E-state index in [9.17, 15) is 0 Å². The fourth-order valence-corrected chi connectivity index (χ4v) is 2.24. The van der Waals surface area contributed by atoms with Gasteiger partial charge in [0.1, 0.15) is 0 Å². The van der Waals surface area contributed by atoms with Gasteiger partial charge >= 0.3 is 0 Å². The van der Waals surface area contributed by atoms with Crippen LogP contribution in [0.5, 0.6) is 0 Å². The average Bonchev–Trinajstić information content (AvgIpc) is 2.48. The third-order valence-electron chi connectivity index (χ3n) is 3.01. The van der Waals surface area contributed by atoms with Gasteiger partial charge < -0.3 is 10.4 Å². The van der Waals surface area contributed by atoms with E-state index in [-0.39, 0.29) is 0 Å². The standard InChI is InChI=1S/C11H23NO/c1-9-5-6-11(8-9)12-10(2)4-3-7-13/h9-13H,3-8H2,1-2H3/t9-,10+,11+/m1/s1. The number of hydrogen-bond donors (Lipinski definition) is 2. The first-order chi connectivity index (χ1) is 6.22. The summed E-state index contributed by atoms with van der Waals surface area (Å²) in [5.41, 5.74) is 0. The van der Waals surface area contributed by atoms with Gasteiger partial charge in [-0.1, -0.05) is 6.92 Å². The zero-order valence-corrected chi connectivity index (χ0v) is 8.92. The molecule has 13 heavy (non-hydrogen) atoms. The Kier molecular flexibility index (Phi) is 4.74. The normalized spacial score (nSPS) is 30.7. The molecule has 1 rings (SSSR count). The van der Waals surface area contributed by atoms with E-state index in [1.165, 1.54) is 19.3 Å². The van der Waals surface area contributed by atoms with Gasteiger partial charge in [-0.2, -0.15) is 0 Å². The molecule has 0 aromatic carbocycles. The maximum atomic E-state index is 8.69. The topological polar surface area (TPSA) is 32.3 Å². The van der Waals surface area contributed by atoms with Crippen molar-refractivity contribution in [2.24, 2.45) is 5.92 Å². The highest BCUT2D eigenvalue weighted by Gasteiger charge is 2.21. The van der Waals surface area contributed by atoms with Gasteiger partial charge in [0, 0.05) is 18.7 Å². The summed E-state index contributed by atoms with van der Waals surface area (Å²) in [4.78, 5) is 0. The van der Waals surface area contributed by atoms with Crippen molar-refractivity contribution >= 4 is 0 Å². The molecule has 0 aromatic rings. The van der Waals surface area contributed by atoms with Gasteiger partial charge in [0.25, 0.3) is 0 Å². The summed E-state index contributed by atoms with van der Waals surface area (Å²) in [6.45, 7) is 4.88. The zero-order chi connectivity index (χ0) is 9.68. The van der Waals surface area contributed by atoms with Crippen LogP contribution in [0.25, 0.3) is 0 Å². The molecule has 78 valence electrons. The molecule has 1 aliphatic rings. The quantitative estimate of drug-likeness (QED) is 0.686. The van der Waals surface area contributed by atoms with Gasteiger partial charge in [-0.3, -0.25) is 0 Å². The summed E-state index contributed by atoms with van der Waals surface area (Å²) >= 11 is 0. The highest BCUT2D eigenvalue weighted by Crippen LogP contribution is 2.25. The molecule has 2 heteroatoms. The maximum Gasteiger partial charge on any atom is 0.0431 e. The summed E-state index contributed by atoms with van der Waals surface area (Å²) in [6.07, 6.45) is 6.08. The second-order valence-corrected chi connectivity index (χ2v) is 4.55. The van der Waals surface area contributed by atoms with Crippen molar-refractivity contribution in [3.05, 3.63) is 0 Å². The number of hydrogen-bond acceptors (Lipinski definition) is 2. The lowest BCUT2D eigenvalue weighted by molar-refractivity contribution is 0.273. The molecule has 0 unspecified atom stereocenters. The van der Waals surface area contributed by atoms with Gasteiger partial charge in [-0.05, 0) is 44.9 Å². The van der Waals surface area contributed by atoms with E-state index in [2.05, 4.69) is 19.2 Å². The van der Waals surface area contributed by atoms with Crippen LogP contribution in [0.15, 0.2) is 0 Å². The Hall–Kier alpha value is -0.0800. The molecule has 0 bridgehead atoms. The Morgan fingerprint density at radius 3 is 2.77 bits per heavy atom. The smallest absolute Gasteiger partial charge is 0.0431 e. The largest absolute Gasteiger partial charge is 0.396 e. The van der Waals surface area contributed by atoms with Crippen LogP contribution in [0.3, 0.4) is 0 Å². The minimum atomic E-state index is 0.326. The van der Waals surface area contributed by atoms with Crippen molar-refractivity contribution in [1.29, 1.82) is 0 Å². The molecule has 0 aliphatic heterocycles. The van der Waals surface area contributed by atoms with E-state index in [0.717, 1.165) is 24.8 Å². The van der Waals surface area contributed by atoms with Crippen LogP contribution in [-0.4, -0.2) is 23.8 Å². The minimum absolute atomic E-state index is 0.326. The predicted molar refractivity (Wildman–Crippen MR) is 55.7 cm³/mol. The highest BCUT2D eigenvalue weighted by molar-refractivity contribution is 4.80. The van der Waals surface area contributed by atoms with Gasteiger partial charge in [0.2, 0.25) is 0 Å². The Balaban J connectivity index is 2.09. The van der Waals surface area contributed by atoms with Crippen LogP contribution in [0.4, 0.5) is 0 Å². The van der Waals surface area contributed by atoms with E-state index >= 15 is 0 Å². The molecule has 1 fully saturated rings. The van der Waals surface area contributed by atoms with Crippen molar-refractivity contribution < 1.29 is 5.11 Å². The molecule has 2 nitrogen and oxygen atoms in total. The fourth-order valence-electron chi connectivity index (χ4n) is 2.24. The summed E-state index contributed by atoms with van der Waals surface area (Å²) < 4.78 is 0. The van der Waals surface area contributed by atoms with E-state index in [0.29, 0.717) is 12.6 Å². The zero-order valence-electron chi connectivity index (χ0n) is 8.92. The van der Waals surface area contributed by atoms with Crippen molar-refractivity contribution in [1.82, 2.24) is 5.32 Å². The number of nitrogens with one attached hydrogen (secondary N) is 1. The molecule has 0 heterocycles. The molecule has 0 radical (unpaired) electrons. The first kappa shape index (κ1) is 11.0. The van der Waals surface area contributed by atoms with Crippen LogP contribution in [0.1, 0.15) is 46.0 Å². The monoisotopic (exact) mass is 185 g/mol. The molecule has 0 aromatic heterocycles. The van der Waals surface area contributed by atoms with Crippen LogP contribution >= 0.6 is 0 Å². The Bertz CT molecular complexity index is 138. The third kappa shape index (κ3) is 4.10. The Morgan fingerprint density at radius 1 is 1.46 bits per heavy atom. The van der Waals surface area contributed by atoms with Crippen molar-refractivity contribution in [2.75, 3.05) is 6.61 Å². The number of rotatable bonds is 5. The number of aliphatic hydroxyl groups is 1. The fraction of sp³-hybridized carbons (Fsp3) is 1.00. The Labute approximate surface area is 81.7 Å². The van der Waals surface area contributed by atoms with Crippen LogP contribution < -0.4 is 5.32 Å². The van der Waals surface area contributed by atoms with Gasteiger partial charge in [0.15, 0.2) is 0 Å². The second kappa shape index (κ2) is 5.61. The number of aliphatic hydroxyl groups excluding tert-OH is 1. The summed E-state index contributed by atoms with van der Waals surface area (Å²) in [7, 11) is 0. The van der Waals surface area contributed by atoms with E-state index < -0.39 is 0 Å². The molecule has 2 N–H and O–H groups in total. The molecule has 1 aliphatic carbocycles. The third-order valence-corrected chi connectivity index (χ3v) is 3.01. The lowest BCUT2D eigenvalue weighted by Gasteiger charge is -2.18. The second-order valence-electron chi connectivity index (χ2n) is 4.55. The average molecular weight is 185 g/mol. The lowest BCUT2D eigenvalue weighted by Crippen LogP contribution is -2.34. The van der Waals surface area contributed by atoms with Crippen LogP contribution in [0, 0.1) is 5.92 Å². The highest BCUT2D eigenvalue weighted by atomic mass is 16.2. The first-order valence-electron chi connectivity index (χ1n) is 5.59. The van der Waals surface area contributed by atoms with E-state index in [1.807, 2.05) is 0 Å². The van der Waals surface area contributed by atoms with E-state index in [4.69, 9.17) is 5.11 Å².